The molecule has 2 aromatic rings. The van der Waals surface area contributed by atoms with E-state index in [4.69, 9.17) is 0 Å². The average Bonchev–Trinajstić information content (AvgIpc) is 2.41. The van der Waals surface area contributed by atoms with E-state index in [1.165, 1.54) is 10.6 Å². The molecular weight excluding hydrogens is 330 g/mol. The molecule has 0 atom stereocenters. The summed E-state index contributed by atoms with van der Waals surface area (Å²) in [6.45, 7) is 6.98. The van der Waals surface area contributed by atoms with Gasteiger partial charge in [-0.05, 0) is 0 Å². The van der Waals surface area contributed by atoms with Crippen LogP contribution in [0.3, 0.4) is 0 Å². The Labute approximate surface area is 124 Å². The predicted octanol–water partition coefficient (Wildman–Crippen LogP) is 3.28. The molecule has 2 rings (SSSR count). The van der Waals surface area contributed by atoms with Crippen LogP contribution in [0.5, 0.6) is 0 Å². The Morgan fingerprint density at radius 1 is 0.778 bits per heavy atom. The van der Waals surface area contributed by atoms with E-state index in [1.807, 2.05) is 0 Å². The van der Waals surface area contributed by atoms with Crippen molar-refractivity contribution in [1.82, 2.24) is 0 Å². The second kappa shape index (κ2) is 5.67. The quantitative estimate of drug-likeness (QED) is 0.453. The Bertz CT molecular complexity index is 448. The van der Waals surface area contributed by atoms with E-state index in [9.17, 15) is 0 Å². The molecule has 18 heavy (non-hydrogen) atoms. The summed E-state index contributed by atoms with van der Waals surface area (Å²) >= 11 is 0. The summed E-state index contributed by atoms with van der Waals surface area (Å²) in [7, 11) is 0. The van der Waals surface area contributed by atoms with E-state index in [1.54, 1.807) is 0 Å². The Hall–Kier alpha value is -0.468. The minimum absolute atomic E-state index is 0. The van der Waals surface area contributed by atoms with Gasteiger partial charge in [0.25, 0.3) is 0 Å². The van der Waals surface area contributed by atoms with Crippen LogP contribution in [-0.4, -0.2) is 19.5 Å². The number of rotatable bonds is 3. The molecule has 0 bridgehead atoms. The van der Waals surface area contributed by atoms with Crippen LogP contribution in [0.1, 0.15) is 0 Å². The summed E-state index contributed by atoms with van der Waals surface area (Å²) in [6, 6.07) is 21.6. The molecule has 0 saturated carbocycles. The maximum absolute atomic E-state index is 4.24. The van der Waals surface area contributed by atoms with Gasteiger partial charge in [0.15, 0.2) is 0 Å². The average molecular weight is 350 g/mol. The van der Waals surface area contributed by atoms with E-state index < -0.39 is 6.60 Å². The van der Waals surface area contributed by atoms with Gasteiger partial charge in [-0.25, -0.2) is 0 Å². The fourth-order valence-electron chi connectivity index (χ4n) is 2.22. The van der Waals surface area contributed by atoms with Crippen LogP contribution in [0.2, 0.25) is 0 Å². The van der Waals surface area contributed by atoms with E-state index >= 15 is 0 Å². The second-order valence-corrected chi connectivity index (χ2v) is 11.6. The first kappa shape index (κ1) is 15.6. The van der Waals surface area contributed by atoms with E-state index in [-0.39, 0.29) is 20.4 Å². The Kier molecular flexibility index (Phi) is 4.91. The van der Waals surface area contributed by atoms with Gasteiger partial charge in [-0.2, -0.15) is 0 Å². The van der Waals surface area contributed by atoms with Gasteiger partial charge in [-0.3, -0.25) is 0 Å². The van der Waals surface area contributed by atoms with Crippen LogP contribution in [-0.2, 0) is 20.4 Å². The molecular formula is C16H20PPd-. The maximum Gasteiger partial charge on any atom is 0 e. The number of hydrogen-bond donors (Lipinski definition) is 0. The third-order valence-electron chi connectivity index (χ3n) is 3.84. The molecule has 0 unspecified atom stereocenters. The Morgan fingerprint density at radius 3 is 1.39 bits per heavy atom. The van der Waals surface area contributed by atoms with Gasteiger partial charge in [0.2, 0.25) is 0 Å². The van der Waals surface area contributed by atoms with Gasteiger partial charge >= 0.3 is 104 Å². The molecule has 0 aromatic heterocycles. The van der Waals surface area contributed by atoms with Gasteiger partial charge in [0, 0.05) is 20.4 Å². The van der Waals surface area contributed by atoms with Crippen LogP contribution in [0.25, 0.3) is 0 Å². The Morgan fingerprint density at radius 2 is 1.11 bits per heavy atom. The van der Waals surface area contributed by atoms with Gasteiger partial charge in [0.1, 0.15) is 0 Å². The zero-order valence-corrected chi connectivity index (χ0v) is 13.4. The molecule has 0 nitrogen and oxygen atoms in total. The topological polar surface area (TPSA) is 0 Å². The smallest absolute Gasteiger partial charge is 0 e. The Balaban J connectivity index is 0.00000162. The minimum atomic E-state index is -2.07. The second-order valence-electron chi connectivity index (χ2n) is 5.30. The molecule has 2 aromatic carbocycles. The van der Waals surface area contributed by atoms with Crippen molar-refractivity contribution < 1.29 is 20.4 Å². The van der Waals surface area contributed by atoms with Gasteiger partial charge in [-0.1, -0.05) is 0 Å². The van der Waals surface area contributed by atoms with E-state index in [0.717, 1.165) is 6.16 Å². The molecule has 0 radical (unpaired) electrons. The molecule has 2 heteroatoms. The van der Waals surface area contributed by atoms with Crippen LogP contribution >= 0.6 is 6.60 Å². The largest absolute Gasteiger partial charge is 0 e. The molecule has 0 amide bonds. The van der Waals surface area contributed by atoms with Crippen molar-refractivity contribution in [3.05, 3.63) is 67.6 Å². The number of benzene rings is 2. The fourth-order valence-corrected chi connectivity index (χ4v) is 5.29. The minimum Gasteiger partial charge on any atom is 0 e. The van der Waals surface area contributed by atoms with E-state index in [2.05, 4.69) is 80.9 Å². The summed E-state index contributed by atoms with van der Waals surface area (Å²) in [5.74, 6) is 0. The van der Waals surface area contributed by atoms with Gasteiger partial charge in [0.05, 0.1) is 0 Å². The summed E-state index contributed by atoms with van der Waals surface area (Å²) in [5.41, 5.74) is 0. The molecule has 0 aliphatic carbocycles. The number of hydrogen-bond acceptors (Lipinski definition) is 0. The normalized spacial score (nSPS) is 13.2. The summed E-state index contributed by atoms with van der Waals surface area (Å²) in [4.78, 5) is 0. The zero-order chi connectivity index (χ0) is 12.4. The fraction of sp³-hybridized carbons (Fsp3) is 0.188. The van der Waals surface area contributed by atoms with Crippen molar-refractivity contribution in [2.45, 2.75) is 0 Å². The third-order valence-corrected chi connectivity index (χ3v) is 9.09. The van der Waals surface area contributed by atoms with E-state index in [0.29, 0.717) is 0 Å². The van der Waals surface area contributed by atoms with Crippen molar-refractivity contribution in [2.24, 2.45) is 0 Å². The molecule has 0 fully saturated rings. The first-order valence-electron chi connectivity index (χ1n) is 5.98. The van der Waals surface area contributed by atoms with Crippen molar-refractivity contribution >= 4 is 17.2 Å². The zero-order valence-electron chi connectivity index (χ0n) is 11.0. The molecule has 100 valence electrons. The van der Waals surface area contributed by atoms with Crippen LogP contribution in [0.4, 0.5) is 0 Å². The molecule has 0 N–H and O–H groups in total. The van der Waals surface area contributed by atoms with Crippen molar-refractivity contribution in [2.75, 3.05) is 19.5 Å². The van der Waals surface area contributed by atoms with Crippen LogP contribution < -0.4 is 10.6 Å². The molecule has 0 spiro atoms. The van der Waals surface area contributed by atoms with Crippen molar-refractivity contribution in [3.63, 3.8) is 0 Å². The third kappa shape index (κ3) is 2.60. The summed E-state index contributed by atoms with van der Waals surface area (Å²) < 4.78 is 0. The maximum atomic E-state index is 4.24. The predicted molar refractivity (Wildman–Crippen MR) is 81.1 cm³/mol. The summed E-state index contributed by atoms with van der Waals surface area (Å²) in [5, 5.41) is 2.89. The first-order valence-corrected chi connectivity index (χ1v) is 9.29. The molecule has 0 aliphatic rings. The van der Waals surface area contributed by atoms with Crippen molar-refractivity contribution in [3.8, 4) is 0 Å². The molecule has 0 heterocycles. The van der Waals surface area contributed by atoms with Gasteiger partial charge < -0.3 is 0 Å². The van der Waals surface area contributed by atoms with Crippen LogP contribution in [0, 0.1) is 6.92 Å². The standard InChI is InChI=1S/C16H20P.Pd/c1-4-17(2,3,15-11-7-5-8-12-15)16-13-9-6-10-14-16;/h5-14H,1,4H2,2-3H3;/q-1;. The molecule has 0 aliphatic heterocycles. The van der Waals surface area contributed by atoms with Crippen molar-refractivity contribution in [1.29, 1.82) is 0 Å². The van der Waals surface area contributed by atoms with Crippen LogP contribution in [0.15, 0.2) is 60.7 Å². The molecule has 0 saturated heterocycles. The first-order chi connectivity index (χ1) is 8.07. The monoisotopic (exact) mass is 349 g/mol. The summed E-state index contributed by atoms with van der Waals surface area (Å²) in [6.07, 6.45) is 0.958. The SMILES string of the molecule is [CH2-]CP(C)(C)(c1ccccc1)c1ccccc1.[Pd]. The van der Waals surface area contributed by atoms with Gasteiger partial charge in [-0.15, -0.1) is 0 Å².